The molecular formula is C16H11N3O2. The van der Waals surface area contributed by atoms with Crippen molar-refractivity contribution in [1.29, 1.82) is 0 Å². The Bertz CT molecular complexity index is 1010. The molecule has 4 rings (SSSR count). The average molecular weight is 277 g/mol. The number of benzene rings is 1. The Kier molecular flexibility index (Phi) is 2.50. The molecule has 0 saturated heterocycles. The van der Waals surface area contributed by atoms with Crippen LogP contribution in [0.3, 0.4) is 0 Å². The second-order valence-corrected chi connectivity index (χ2v) is 4.70. The molecule has 1 N–H and O–H groups in total. The van der Waals surface area contributed by atoms with E-state index in [-0.39, 0.29) is 0 Å². The summed E-state index contributed by atoms with van der Waals surface area (Å²) in [5.41, 5.74) is 2.33. The Balaban J connectivity index is 2.01. The Morgan fingerprint density at radius 1 is 1.14 bits per heavy atom. The standard InChI is InChI=1S/C16H11N3O2/c20-18-13-8-16(21-15-6-2-1-5-12(13)15)14-10-19-7-3-4-11(19)9-17-14/h1-10,20H. The first-order valence-corrected chi connectivity index (χ1v) is 6.49. The van der Waals surface area contributed by atoms with Crippen molar-refractivity contribution >= 4 is 16.5 Å². The van der Waals surface area contributed by atoms with E-state index < -0.39 is 0 Å². The zero-order valence-electron chi connectivity index (χ0n) is 11.0. The van der Waals surface area contributed by atoms with E-state index in [1.54, 1.807) is 12.3 Å². The van der Waals surface area contributed by atoms with Gasteiger partial charge in [-0.25, -0.2) is 4.98 Å². The Hall–Kier alpha value is -3.08. The van der Waals surface area contributed by atoms with E-state index >= 15 is 0 Å². The predicted octanol–water partition coefficient (Wildman–Crippen LogP) is 3.04. The third-order valence-electron chi connectivity index (χ3n) is 3.42. The van der Waals surface area contributed by atoms with E-state index in [0.717, 1.165) is 10.9 Å². The lowest BCUT2D eigenvalue weighted by Gasteiger charge is -2.04. The van der Waals surface area contributed by atoms with Gasteiger partial charge in [0, 0.05) is 23.8 Å². The van der Waals surface area contributed by atoms with Crippen molar-refractivity contribution in [2.75, 3.05) is 0 Å². The van der Waals surface area contributed by atoms with E-state index in [4.69, 9.17) is 4.42 Å². The van der Waals surface area contributed by atoms with Crippen LogP contribution in [-0.4, -0.2) is 14.6 Å². The lowest BCUT2D eigenvalue weighted by Crippen LogP contribution is -2.03. The minimum Gasteiger partial charge on any atom is -0.454 e. The maximum Gasteiger partial charge on any atom is 0.156 e. The SMILES string of the molecule is ON=c1cc(-c2cn3cccc3cn2)oc2ccccc12. The second kappa shape index (κ2) is 4.49. The molecular weight excluding hydrogens is 266 g/mol. The fourth-order valence-electron chi connectivity index (χ4n) is 2.39. The van der Waals surface area contributed by atoms with Crippen LogP contribution in [0.2, 0.25) is 0 Å². The van der Waals surface area contributed by atoms with Crippen LogP contribution in [0.15, 0.2) is 70.6 Å². The van der Waals surface area contributed by atoms with Crippen LogP contribution in [0.4, 0.5) is 0 Å². The highest BCUT2D eigenvalue weighted by atomic mass is 16.4. The minimum absolute atomic E-state index is 0.459. The van der Waals surface area contributed by atoms with Gasteiger partial charge >= 0.3 is 0 Å². The van der Waals surface area contributed by atoms with Gasteiger partial charge in [0.15, 0.2) is 5.76 Å². The molecule has 0 unspecified atom stereocenters. The molecule has 4 aromatic rings. The maximum absolute atomic E-state index is 9.20. The molecule has 3 heterocycles. The third kappa shape index (κ3) is 1.87. The van der Waals surface area contributed by atoms with E-state index in [0.29, 0.717) is 22.4 Å². The van der Waals surface area contributed by atoms with E-state index in [1.807, 2.05) is 53.2 Å². The summed E-state index contributed by atoms with van der Waals surface area (Å²) in [7, 11) is 0. The molecule has 21 heavy (non-hydrogen) atoms. The summed E-state index contributed by atoms with van der Waals surface area (Å²) in [5.74, 6) is 0.553. The number of aromatic nitrogens is 2. The summed E-state index contributed by atoms with van der Waals surface area (Å²) in [6, 6.07) is 13.0. The first-order valence-electron chi connectivity index (χ1n) is 6.49. The van der Waals surface area contributed by atoms with Crippen molar-refractivity contribution in [3.05, 3.63) is 66.4 Å². The van der Waals surface area contributed by atoms with Crippen molar-refractivity contribution in [3.8, 4) is 11.5 Å². The minimum atomic E-state index is 0.459. The van der Waals surface area contributed by atoms with Crippen molar-refractivity contribution in [2.24, 2.45) is 5.16 Å². The molecule has 0 atom stereocenters. The van der Waals surface area contributed by atoms with Crippen LogP contribution in [0.1, 0.15) is 0 Å². The van der Waals surface area contributed by atoms with Crippen molar-refractivity contribution in [1.82, 2.24) is 9.38 Å². The molecule has 5 heteroatoms. The number of fused-ring (bicyclic) bond motifs is 2. The number of rotatable bonds is 1. The van der Waals surface area contributed by atoms with Crippen LogP contribution in [0.25, 0.3) is 27.9 Å². The van der Waals surface area contributed by atoms with Crippen LogP contribution in [0.5, 0.6) is 0 Å². The monoisotopic (exact) mass is 277 g/mol. The van der Waals surface area contributed by atoms with Gasteiger partial charge in [0.2, 0.25) is 0 Å². The molecule has 0 aliphatic carbocycles. The molecule has 3 aromatic heterocycles. The van der Waals surface area contributed by atoms with Gasteiger partial charge in [-0.2, -0.15) is 0 Å². The highest BCUT2D eigenvalue weighted by molar-refractivity contribution is 5.77. The van der Waals surface area contributed by atoms with Crippen molar-refractivity contribution in [2.45, 2.75) is 0 Å². The first-order chi connectivity index (χ1) is 10.3. The lowest BCUT2D eigenvalue weighted by atomic mass is 10.2. The highest BCUT2D eigenvalue weighted by Crippen LogP contribution is 2.20. The summed E-state index contributed by atoms with van der Waals surface area (Å²) >= 11 is 0. The Labute approximate surface area is 119 Å². The smallest absolute Gasteiger partial charge is 0.156 e. The highest BCUT2D eigenvalue weighted by Gasteiger charge is 2.07. The quantitative estimate of drug-likeness (QED) is 0.429. The molecule has 102 valence electrons. The third-order valence-corrected chi connectivity index (χ3v) is 3.42. The number of hydrogen-bond acceptors (Lipinski definition) is 4. The fraction of sp³-hybridized carbons (Fsp3) is 0. The van der Waals surface area contributed by atoms with Crippen LogP contribution in [-0.2, 0) is 0 Å². The molecule has 0 fully saturated rings. The van der Waals surface area contributed by atoms with E-state index in [1.165, 1.54) is 0 Å². The second-order valence-electron chi connectivity index (χ2n) is 4.70. The van der Waals surface area contributed by atoms with Gasteiger partial charge in [0.25, 0.3) is 0 Å². The van der Waals surface area contributed by atoms with E-state index in [9.17, 15) is 5.21 Å². The van der Waals surface area contributed by atoms with Crippen LogP contribution in [0, 0.1) is 0 Å². The maximum atomic E-state index is 9.20. The lowest BCUT2D eigenvalue weighted by molar-refractivity contribution is 0.302. The van der Waals surface area contributed by atoms with Gasteiger partial charge < -0.3 is 14.0 Å². The topological polar surface area (TPSA) is 63.0 Å². The molecule has 0 saturated carbocycles. The Morgan fingerprint density at radius 3 is 2.95 bits per heavy atom. The molecule has 1 aromatic carbocycles. The molecule has 0 bridgehead atoms. The zero-order valence-corrected chi connectivity index (χ0v) is 11.0. The Morgan fingerprint density at radius 2 is 2.05 bits per heavy atom. The number of nitrogens with zero attached hydrogens (tertiary/aromatic N) is 3. The van der Waals surface area contributed by atoms with Crippen LogP contribution >= 0.6 is 0 Å². The van der Waals surface area contributed by atoms with Gasteiger partial charge in [0.05, 0.1) is 11.7 Å². The summed E-state index contributed by atoms with van der Waals surface area (Å²) in [6.45, 7) is 0. The first kappa shape index (κ1) is 11.7. The molecule has 0 amide bonds. The van der Waals surface area contributed by atoms with Crippen LogP contribution < -0.4 is 5.36 Å². The van der Waals surface area contributed by atoms with Gasteiger partial charge in [-0.1, -0.05) is 17.3 Å². The number of hydrogen-bond donors (Lipinski definition) is 1. The normalized spacial score (nSPS) is 12.3. The van der Waals surface area contributed by atoms with Gasteiger partial charge in [-0.3, -0.25) is 0 Å². The molecule has 5 nitrogen and oxygen atoms in total. The number of para-hydroxylation sites is 1. The summed E-state index contributed by atoms with van der Waals surface area (Å²) in [5, 5.41) is 13.8. The van der Waals surface area contributed by atoms with Crippen molar-refractivity contribution < 1.29 is 9.62 Å². The fourth-order valence-corrected chi connectivity index (χ4v) is 2.39. The van der Waals surface area contributed by atoms with Gasteiger partial charge in [-0.05, 0) is 24.3 Å². The van der Waals surface area contributed by atoms with Gasteiger partial charge in [-0.15, -0.1) is 0 Å². The molecule has 0 radical (unpaired) electrons. The average Bonchev–Trinajstić information content (AvgIpc) is 3.01. The molecule has 0 aliphatic heterocycles. The predicted molar refractivity (Wildman–Crippen MR) is 77.7 cm³/mol. The zero-order chi connectivity index (χ0) is 14.2. The molecule has 0 aliphatic rings. The van der Waals surface area contributed by atoms with Crippen molar-refractivity contribution in [3.63, 3.8) is 0 Å². The summed E-state index contributed by atoms with van der Waals surface area (Å²) in [4.78, 5) is 4.39. The summed E-state index contributed by atoms with van der Waals surface area (Å²) in [6.07, 6.45) is 5.60. The van der Waals surface area contributed by atoms with E-state index in [2.05, 4.69) is 10.1 Å². The summed E-state index contributed by atoms with van der Waals surface area (Å²) < 4.78 is 7.83. The van der Waals surface area contributed by atoms with Gasteiger partial charge in [0.1, 0.15) is 16.6 Å². The largest absolute Gasteiger partial charge is 0.454 e. The molecule has 0 spiro atoms.